The SMILES string of the molecule is N[C@H](CO)c1cccc(-c2ccc3c(c2)CCCC3)c1. The summed E-state index contributed by atoms with van der Waals surface area (Å²) in [6.07, 6.45) is 5.02. The summed E-state index contributed by atoms with van der Waals surface area (Å²) >= 11 is 0. The molecule has 1 aliphatic rings. The van der Waals surface area contributed by atoms with Gasteiger partial charge in [-0.15, -0.1) is 0 Å². The molecule has 0 aliphatic heterocycles. The van der Waals surface area contributed by atoms with Gasteiger partial charge in [0.25, 0.3) is 0 Å². The Bertz CT molecular complexity index is 606. The van der Waals surface area contributed by atoms with Crippen LogP contribution in [-0.4, -0.2) is 11.7 Å². The van der Waals surface area contributed by atoms with Crippen LogP contribution < -0.4 is 5.73 Å². The van der Waals surface area contributed by atoms with Crippen molar-refractivity contribution in [1.82, 2.24) is 0 Å². The molecular formula is C18H21NO. The van der Waals surface area contributed by atoms with Gasteiger partial charge in [0, 0.05) is 0 Å². The van der Waals surface area contributed by atoms with Crippen LogP contribution in [0.15, 0.2) is 42.5 Å². The molecule has 0 amide bonds. The fourth-order valence-corrected chi connectivity index (χ4v) is 2.97. The molecule has 0 spiro atoms. The first-order valence-corrected chi connectivity index (χ1v) is 7.36. The summed E-state index contributed by atoms with van der Waals surface area (Å²) in [6, 6.07) is 14.7. The van der Waals surface area contributed by atoms with Crippen LogP contribution in [0.4, 0.5) is 0 Å². The molecule has 1 atom stereocenters. The van der Waals surface area contributed by atoms with Crippen molar-refractivity contribution in [2.75, 3.05) is 6.61 Å². The van der Waals surface area contributed by atoms with E-state index in [1.54, 1.807) is 0 Å². The lowest BCUT2D eigenvalue weighted by Crippen LogP contribution is -2.14. The standard InChI is InChI=1S/C18H21NO/c19-18(12-20)17-7-3-6-15(11-17)16-9-8-13-4-1-2-5-14(13)10-16/h3,6-11,18,20H,1-2,4-5,12,19H2/t18-/m1/s1. The number of aryl methyl sites for hydroxylation is 2. The number of aliphatic hydroxyl groups excluding tert-OH is 1. The molecule has 3 N–H and O–H groups in total. The quantitative estimate of drug-likeness (QED) is 0.897. The monoisotopic (exact) mass is 267 g/mol. The van der Waals surface area contributed by atoms with Gasteiger partial charge in [-0.3, -0.25) is 0 Å². The zero-order chi connectivity index (χ0) is 13.9. The molecule has 0 fully saturated rings. The van der Waals surface area contributed by atoms with E-state index >= 15 is 0 Å². The molecule has 0 saturated carbocycles. The minimum Gasteiger partial charge on any atom is -0.394 e. The third-order valence-electron chi connectivity index (χ3n) is 4.19. The van der Waals surface area contributed by atoms with E-state index < -0.39 is 0 Å². The summed E-state index contributed by atoms with van der Waals surface area (Å²) in [5.41, 5.74) is 12.3. The van der Waals surface area contributed by atoms with Crippen LogP contribution in [0.1, 0.15) is 35.6 Å². The topological polar surface area (TPSA) is 46.2 Å². The van der Waals surface area contributed by atoms with Gasteiger partial charge in [-0.25, -0.2) is 0 Å². The minimum atomic E-state index is -0.299. The van der Waals surface area contributed by atoms with Gasteiger partial charge >= 0.3 is 0 Å². The average Bonchev–Trinajstić information content (AvgIpc) is 2.53. The summed E-state index contributed by atoms with van der Waals surface area (Å²) in [5, 5.41) is 9.18. The van der Waals surface area contributed by atoms with Crippen LogP contribution in [0.2, 0.25) is 0 Å². The van der Waals surface area contributed by atoms with Gasteiger partial charge in [0.2, 0.25) is 0 Å². The third kappa shape index (κ3) is 2.62. The lowest BCUT2D eigenvalue weighted by Gasteiger charge is -2.17. The van der Waals surface area contributed by atoms with E-state index in [1.165, 1.54) is 47.9 Å². The Morgan fingerprint density at radius 2 is 1.70 bits per heavy atom. The van der Waals surface area contributed by atoms with Gasteiger partial charge in [-0.1, -0.05) is 36.4 Å². The van der Waals surface area contributed by atoms with E-state index in [0.717, 1.165) is 5.56 Å². The van der Waals surface area contributed by atoms with Crippen LogP contribution in [-0.2, 0) is 12.8 Å². The van der Waals surface area contributed by atoms with Crippen molar-refractivity contribution in [3.8, 4) is 11.1 Å². The maximum atomic E-state index is 9.18. The molecule has 0 bridgehead atoms. The van der Waals surface area contributed by atoms with Crippen molar-refractivity contribution in [2.24, 2.45) is 5.73 Å². The molecule has 0 radical (unpaired) electrons. The van der Waals surface area contributed by atoms with Crippen LogP contribution >= 0.6 is 0 Å². The molecule has 2 aromatic rings. The number of benzene rings is 2. The first-order valence-electron chi connectivity index (χ1n) is 7.36. The van der Waals surface area contributed by atoms with Gasteiger partial charge in [0.05, 0.1) is 12.6 Å². The van der Waals surface area contributed by atoms with E-state index in [-0.39, 0.29) is 12.6 Å². The molecular weight excluding hydrogens is 246 g/mol. The number of hydrogen-bond acceptors (Lipinski definition) is 2. The normalized spacial score (nSPS) is 15.7. The van der Waals surface area contributed by atoms with Crippen LogP contribution in [0.3, 0.4) is 0 Å². The lowest BCUT2D eigenvalue weighted by molar-refractivity contribution is 0.268. The second-order valence-electron chi connectivity index (χ2n) is 5.61. The molecule has 3 rings (SSSR count). The molecule has 2 nitrogen and oxygen atoms in total. The number of aliphatic hydroxyl groups is 1. The second-order valence-corrected chi connectivity index (χ2v) is 5.61. The molecule has 1 aliphatic carbocycles. The van der Waals surface area contributed by atoms with Crippen molar-refractivity contribution in [3.05, 3.63) is 59.2 Å². The van der Waals surface area contributed by atoms with Crippen molar-refractivity contribution < 1.29 is 5.11 Å². The van der Waals surface area contributed by atoms with Gasteiger partial charge in [0.1, 0.15) is 0 Å². The molecule has 0 unspecified atom stereocenters. The Labute approximate surface area is 120 Å². The summed E-state index contributed by atoms with van der Waals surface area (Å²) in [4.78, 5) is 0. The molecule has 0 aromatic heterocycles. The predicted octanol–water partition coefficient (Wildman–Crippen LogP) is 3.22. The Morgan fingerprint density at radius 1 is 0.950 bits per heavy atom. The Morgan fingerprint density at radius 3 is 2.50 bits per heavy atom. The van der Waals surface area contributed by atoms with Crippen LogP contribution in [0.25, 0.3) is 11.1 Å². The smallest absolute Gasteiger partial charge is 0.0624 e. The summed E-state index contributed by atoms with van der Waals surface area (Å²) in [7, 11) is 0. The van der Waals surface area contributed by atoms with Gasteiger partial charge in [0.15, 0.2) is 0 Å². The van der Waals surface area contributed by atoms with Crippen molar-refractivity contribution in [3.63, 3.8) is 0 Å². The Hall–Kier alpha value is -1.64. The largest absolute Gasteiger partial charge is 0.394 e. The first kappa shape index (κ1) is 13.3. The molecule has 0 heterocycles. The fraction of sp³-hybridized carbons (Fsp3) is 0.333. The highest BCUT2D eigenvalue weighted by atomic mass is 16.3. The van der Waals surface area contributed by atoms with Gasteiger partial charge < -0.3 is 10.8 Å². The molecule has 2 aromatic carbocycles. The summed E-state index contributed by atoms with van der Waals surface area (Å²) in [6.45, 7) is -0.0202. The Kier molecular flexibility index (Phi) is 3.86. The molecule has 2 heteroatoms. The highest BCUT2D eigenvalue weighted by Gasteiger charge is 2.11. The van der Waals surface area contributed by atoms with E-state index in [4.69, 9.17) is 5.73 Å². The first-order chi connectivity index (χ1) is 9.78. The second kappa shape index (κ2) is 5.78. The minimum absolute atomic E-state index is 0.0202. The predicted molar refractivity (Wildman–Crippen MR) is 82.5 cm³/mol. The van der Waals surface area contributed by atoms with E-state index in [1.807, 2.05) is 12.1 Å². The summed E-state index contributed by atoms with van der Waals surface area (Å²) in [5.74, 6) is 0. The molecule has 104 valence electrons. The third-order valence-corrected chi connectivity index (χ3v) is 4.19. The number of hydrogen-bond donors (Lipinski definition) is 2. The zero-order valence-corrected chi connectivity index (χ0v) is 11.7. The fourth-order valence-electron chi connectivity index (χ4n) is 2.97. The molecule has 20 heavy (non-hydrogen) atoms. The Balaban J connectivity index is 1.96. The van der Waals surface area contributed by atoms with Crippen LogP contribution in [0, 0.1) is 0 Å². The number of nitrogens with two attached hydrogens (primary N) is 1. The average molecular weight is 267 g/mol. The van der Waals surface area contributed by atoms with Gasteiger partial charge in [-0.05, 0) is 59.6 Å². The summed E-state index contributed by atoms with van der Waals surface area (Å²) < 4.78 is 0. The van der Waals surface area contributed by atoms with Crippen LogP contribution in [0.5, 0.6) is 0 Å². The van der Waals surface area contributed by atoms with E-state index in [2.05, 4.69) is 30.3 Å². The van der Waals surface area contributed by atoms with E-state index in [9.17, 15) is 5.11 Å². The number of fused-ring (bicyclic) bond motifs is 1. The number of rotatable bonds is 3. The zero-order valence-electron chi connectivity index (χ0n) is 11.7. The van der Waals surface area contributed by atoms with Crippen molar-refractivity contribution >= 4 is 0 Å². The van der Waals surface area contributed by atoms with Crippen molar-refractivity contribution in [2.45, 2.75) is 31.7 Å². The maximum Gasteiger partial charge on any atom is 0.0624 e. The lowest BCUT2D eigenvalue weighted by atomic mass is 9.89. The van der Waals surface area contributed by atoms with E-state index in [0.29, 0.717) is 0 Å². The van der Waals surface area contributed by atoms with Gasteiger partial charge in [-0.2, -0.15) is 0 Å². The molecule has 0 saturated heterocycles. The highest BCUT2D eigenvalue weighted by molar-refractivity contribution is 5.66. The highest BCUT2D eigenvalue weighted by Crippen LogP contribution is 2.28. The maximum absolute atomic E-state index is 9.18. The van der Waals surface area contributed by atoms with Crippen molar-refractivity contribution in [1.29, 1.82) is 0 Å².